The summed E-state index contributed by atoms with van der Waals surface area (Å²) in [6.07, 6.45) is 0. The number of ether oxygens (including phenoxy) is 1. The van der Waals surface area contributed by atoms with E-state index in [1.807, 2.05) is 59.2 Å². The largest absolute Gasteiger partial charge is 0.497 e. The van der Waals surface area contributed by atoms with E-state index in [2.05, 4.69) is 15.5 Å². The lowest BCUT2D eigenvalue weighted by molar-refractivity contribution is -0.118. The van der Waals surface area contributed by atoms with E-state index in [0.717, 1.165) is 22.6 Å². The quantitative estimate of drug-likeness (QED) is 0.402. The van der Waals surface area contributed by atoms with Crippen LogP contribution in [0.15, 0.2) is 84.0 Å². The zero-order valence-corrected chi connectivity index (χ0v) is 18.2. The highest BCUT2D eigenvalue weighted by Gasteiger charge is 2.17. The molecule has 6 nitrogen and oxygen atoms in total. The zero-order valence-electron chi connectivity index (χ0n) is 17.4. The van der Waals surface area contributed by atoms with Crippen LogP contribution in [-0.4, -0.2) is 33.5 Å². The summed E-state index contributed by atoms with van der Waals surface area (Å²) in [6.45, 7) is 0.333. The van der Waals surface area contributed by atoms with Crippen LogP contribution in [-0.2, 0) is 11.3 Å². The molecular formula is C24H21FN4O2S. The molecule has 3 aromatic carbocycles. The Labute approximate surface area is 189 Å². The van der Waals surface area contributed by atoms with Crippen LogP contribution in [0.2, 0.25) is 0 Å². The van der Waals surface area contributed by atoms with Crippen molar-refractivity contribution >= 4 is 17.7 Å². The van der Waals surface area contributed by atoms with Crippen LogP contribution in [0.1, 0.15) is 5.56 Å². The lowest BCUT2D eigenvalue weighted by Gasteiger charge is -2.11. The van der Waals surface area contributed by atoms with Gasteiger partial charge in [0.15, 0.2) is 11.0 Å². The molecule has 1 amide bonds. The second kappa shape index (κ2) is 10.1. The Bertz CT molecular complexity index is 1180. The predicted octanol–water partition coefficient (Wildman–Crippen LogP) is 4.49. The molecule has 4 aromatic rings. The number of hydrogen-bond donors (Lipinski definition) is 1. The van der Waals surface area contributed by atoms with Gasteiger partial charge in [0.2, 0.25) is 5.91 Å². The average molecular weight is 449 g/mol. The number of amides is 1. The van der Waals surface area contributed by atoms with E-state index in [0.29, 0.717) is 17.5 Å². The van der Waals surface area contributed by atoms with Crippen molar-refractivity contribution in [2.24, 2.45) is 0 Å². The topological polar surface area (TPSA) is 69.0 Å². The van der Waals surface area contributed by atoms with Gasteiger partial charge < -0.3 is 10.1 Å². The average Bonchev–Trinajstić information content (AvgIpc) is 3.27. The summed E-state index contributed by atoms with van der Waals surface area (Å²) in [4.78, 5) is 12.4. The number of nitrogens with zero attached hydrogens (tertiary/aromatic N) is 3. The minimum atomic E-state index is -0.303. The number of benzene rings is 3. The van der Waals surface area contributed by atoms with Gasteiger partial charge >= 0.3 is 0 Å². The lowest BCUT2D eigenvalue weighted by atomic mass is 10.2. The molecule has 0 saturated carbocycles. The van der Waals surface area contributed by atoms with E-state index in [-0.39, 0.29) is 17.5 Å². The van der Waals surface area contributed by atoms with Crippen LogP contribution in [0, 0.1) is 5.82 Å². The number of halogens is 1. The third-order valence-corrected chi connectivity index (χ3v) is 5.66. The molecule has 0 bridgehead atoms. The lowest BCUT2D eigenvalue weighted by Crippen LogP contribution is -2.24. The summed E-state index contributed by atoms with van der Waals surface area (Å²) in [7, 11) is 1.62. The van der Waals surface area contributed by atoms with E-state index >= 15 is 0 Å². The number of methoxy groups -OCH3 is 1. The number of aromatic nitrogens is 3. The van der Waals surface area contributed by atoms with Crippen LogP contribution in [0.5, 0.6) is 5.75 Å². The number of nitrogens with one attached hydrogen (secondary N) is 1. The highest BCUT2D eigenvalue weighted by Crippen LogP contribution is 2.28. The zero-order chi connectivity index (χ0) is 22.3. The second-order valence-corrected chi connectivity index (χ2v) is 7.84. The van der Waals surface area contributed by atoms with Gasteiger partial charge in [0.05, 0.1) is 12.9 Å². The van der Waals surface area contributed by atoms with Gasteiger partial charge in [-0.25, -0.2) is 4.39 Å². The molecule has 1 aromatic heterocycles. The Balaban J connectivity index is 1.52. The molecule has 8 heteroatoms. The highest BCUT2D eigenvalue weighted by molar-refractivity contribution is 7.99. The highest BCUT2D eigenvalue weighted by atomic mass is 32.2. The Morgan fingerprint density at radius 3 is 2.41 bits per heavy atom. The number of carbonyl (C=O) groups is 1. The van der Waals surface area contributed by atoms with Gasteiger partial charge in [-0.15, -0.1) is 10.2 Å². The van der Waals surface area contributed by atoms with Crippen molar-refractivity contribution in [3.63, 3.8) is 0 Å². The van der Waals surface area contributed by atoms with Crippen molar-refractivity contribution in [2.45, 2.75) is 11.7 Å². The van der Waals surface area contributed by atoms with Crippen LogP contribution < -0.4 is 10.1 Å². The molecule has 0 atom stereocenters. The van der Waals surface area contributed by atoms with Crippen molar-refractivity contribution in [1.29, 1.82) is 0 Å². The number of carbonyl (C=O) groups excluding carboxylic acids is 1. The minimum absolute atomic E-state index is 0.148. The fourth-order valence-electron chi connectivity index (χ4n) is 3.09. The first-order valence-corrected chi connectivity index (χ1v) is 10.9. The summed E-state index contributed by atoms with van der Waals surface area (Å²) >= 11 is 1.30. The van der Waals surface area contributed by atoms with Crippen molar-refractivity contribution < 1.29 is 13.9 Å². The van der Waals surface area contributed by atoms with Crippen molar-refractivity contribution in [2.75, 3.05) is 12.9 Å². The summed E-state index contributed by atoms with van der Waals surface area (Å²) in [5, 5.41) is 12.2. The van der Waals surface area contributed by atoms with E-state index in [1.165, 1.54) is 23.9 Å². The smallest absolute Gasteiger partial charge is 0.230 e. The maximum atomic E-state index is 13.0. The second-order valence-electron chi connectivity index (χ2n) is 6.90. The fourth-order valence-corrected chi connectivity index (χ4v) is 3.87. The Morgan fingerprint density at radius 1 is 1.00 bits per heavy atom. The van der Waals surface area contributed by atoms with Gasteiger partial charge in [0.1, 0.15) is 11.6 Å². The molecule has 0 unspecified atom stereocenters. The van der Waals surface area contributed by atoms with Crippen molar-refractivity contribution in [3.8, 4) is 22.8 Å². The molecule has 0 spiro atoms. The van der Waals surface area contributed by atoms with Crippen LogP contribution in [0.4, 0.5) is 4.39 Å². The fraction of sp³-hybridized carbons (Fsp3) is 0.125. The van der Waals surface area contributed by atoms with Gasteiger partial charge in [0.25, 0.3) is 0 Å². The molecule has 1 heterocycles. The van der Waals surface area contributed by atoms with Crippen molar-refractivity contribution in [3.05, 3.63) is 90.2 Å². The number of rotatable bonds is 8. The molecule has 0 aliphatic heterocycles. The minimum Gasteiger partial charge on any atom is -0.497 e. The molecule has 162 valence electrons. The third-order valence-electron chi connectivity index (χ3n) is 4.73. The molecule has 0 aliphatic rings. The molecule has 1 N–H and O–H groups in total. The van der Waals surface area contributed by atoms with E-state index in [9.17, 15) is 9.18 Å². The van der Waals surface area contributed by atoms with Gasteiger partial charge in [-0.3, -0.25) is 9.36 Å². The molecule has 4 rings (SSSR count). The Morgan fingerprint density at radius 2 is 1.72 bits per heavy atom. The standard InChI is InChI=1S/C24H21FN4O2S/c1-31-21-13-11-20(12-14-21)29-23(18-5-3-2-4-6-18)27-28-24(29)32-16-22(30)26-15-17-7-9-19(25)10-8-17/h2-14H,15-16H2,1H3,(H,26,30). The van der Waals surface area contributed by atoms with Gasteiger partial charge in [-0.05, 0) is 42.0 Å². The molecule has 0 fully saturated rings. The summed E-state index contributed by atoms with van der Waals surface area (Å²) in [6, 6.07) is 23.4. The summed E-state index contributed by atoms with van der Waals surface area (Å²) < 4.78 is 20.2. The Kier molecular flexibility index (Phi) is 6.81. The predicted molar refractivity (Wildman–Crippen MR) is 122 cm³/mol. The molecular weight excluding hydrogens is 427 g/mol. The van der Waals surface area contributed by atoms with Crippen LogP contribution in [0.25, 0.3) is 17.1 Å². The van der Waals surface area contributed by atoms with E-state index in [1.54, 1.807) is 19.2 Å². The summed E-state index contributed by atoms with van der Waals surface area (Å²) in [5.74, 6) is 1.15. The summed E-state index contributed by atoms with van der Waals surface area (Å²) in [5.41, 5.74) is 2.62. The van der Waals surface area contributed by atoms with Crippen LogP contribution in [0.3, 0.4) is 0 Å². The van der Waals surface area contributed by atoms with Gasteiger partial charge in [0, 0.05) is 17.8 Å². The first kappa shape index (κ1) is 21.6. The van der Waals surface area contributed by atoms with Gasteiger partial charge in [-0.1, -0.05) is 54.2 Å². The van der Waals surface area contributed by atoms with Crippen molar-refractivity contribution in [1.82, 2.24) is 20.1 Å². The maximum Gasteiger partial charge on any atom is 0.230 e. The third kappa shape index (κ3) is 5.15. The SMILES string of the molecule is COc1ccc(-n2c(SCC(=O)NCc3ccc(F)cc3)nnc2-c2ccccc2)cc1. The van der Waals surface area contributed by atoms with Crippen LogP contribution >= 0.6 is 11.8 Å². The van der Waals surface area contributed by atoms with Gasteiger partial charge in [-0.2, -0.15) is 0 Å². The van der Waals surface area contributed by atoms with E-state index in [4.69, 9.17) is 4.74 Å². The number of thioether (sulfide) groups is 1. The first-order chi connectivity index (χ1) is 15.6. The molecule has 0 radical (unpaired) electrons. The van der Waals surface area contributed by atoms with E-state index < -0.39 is 0 Å². The molecule has 0 aliphatic carbocycles. The monoisotopic (exact) mass is 448 g/mol. The molecule has 32 heavy (non-hydrogen) atoms. The normalized spacial score (nSPS) is 10.7. The maximum absolute atomic E-state index is 13.0. The number of hydrogen-bond acceptors (Lipinski definition) is 5. The first-order valence-electron chi connectivity index (χ1n) is 9.93. The Hall–Kier alpha value is -3.65. The molecule has 0 saturated heterocycles.